The van der Waals surface area contributed by atoms with Gasteiger partial charge in [-0.2, -0.15) is 26.3 Å². The Morgan fingerprint density at radius 2 is 0.964 bits per heavy atom. The van der Waals surface area contributed by atoms with E-state index in [0.717, 1.165) is 86.5 Å². The smallest absolute Gasteiger partial charge is 0.271 e. The van der Waals surface area contributed by atoms with E-state index in [4.69, 9.17) is 39.5 Å². The highest BCUT2D eigenvalue weighted by molar-refractivity contribution is 6.31. The monoisotopic (exact) mass is 1930 g/mol. The number of aryl methyl sites for hydroxylation is 1. The Hall–Kier alpha value is -16.6. The molecule has 708 valence electrons. The van der Waals surface area contributed by atoms with Crippen LogP contribution >= 0.6 is 34.8 Å². The first-order valence-electron chi connectivity index (χ1n) is 44.3. The van der Waals surface area contributed by atoms with E-state index in [2.05, 4.69) is 25.2 Å². The van der Waals surface area contributed by atoms with E-state index >= 15 is 0 Å². The van der Waals surface area contributed by atoms with Gasteiger partial charge in [-0.3, -0.25) is 72.0 Å². The molecule has 3 aromatic heterocycles. The van der Waals surface area contributed by atoms with Crippen LogP contribution in [0.4, 0.5) is 17.1 Å². The molecular weight excluding hydrogens is 1830 g/mol. The largest absolute Gasteiger partial charge is 0.506 e. The number of carbonyl (C=O) groups is 4. The van der Waals surface area contributed by atoms with Gasteiger partial charge >= 0.3 is 0 Å². The molecule has 1 atom stereocenters. The lowest BCUT2D eigenvalue weighted by atomic mass is 9.75. The average molecular weight is 1930 g/mol. The molecule has 1 saturated heterocycles. The number of hydrogen-bond donors (Lipinski definition) is 6. The molecule has 0 radical (unpaired) electrons. The number of pyridine rings is 3. The van der Waals surface area contributed by atoms with Crippen molar-refractivity contribution in [2.75, 3.05) is 58.8 Å². The van der Waals surface area contributed by atoms with Gasteiger partial charge in [0, 0.05) is 85.4 Å². The number of rotatable bonds is 23. The zero-order valence-corrected chi connectivity index (χ0v) is 80.1. The second kappa shape index (κ2) is 49.2. The number of morpholine rings is 1. The van der Waals surface area contributed by atoms with E-state index in [-0.39, 0.29) is 118 Å². The predicted molar refractivity (Wildman–Crippen MR) is 541 cm³/mol. The van der Waals surface area contributed by atoms with E-state index in [9.17, 15) is 85.4 Å². The Balaban J connectivity index is 0.000000168. The number of carbonyl (C=O) groups excluding carboxylic acids is 4. The predicted octanol–water partition coefficient (Wildman–Crippen LogP) is 17.8. The quantitative estimate of drug-likeness (QED) is 0.0114. The number of amides is 2. The first-order valence-corrected chi connectivity index (χ1v) is 45.4. The fourth-order valence-electron chi connectivity index (χ4n) is 15.6. The van der Waals surface area contributed by atoms with Crippen molar-refractivity contribution in [2.24, 2.45) is 20.9 Å². The van der Waals surface area contributed by atoms with Crippen LogP contribution in [0, 0.1) is 83.3 Å². The number of nitrogens with one attached hydrogen (secondary N) is 1. The van der Waals surface area contributed by atoms with E-state index in [0.29, 0.717) is 90.4 Å². The number of imide groups is 1. The Morgan fingerprint density at radius 1 is 0.486 bits per heavy atom. The second-order valence-electron chi connectivity index (χ2n) is 32.6. The topological polar surface area (TPSA) is 422 Å². The molecule has 15 rings (SSSR count). The van der Waals surface area contributed by atoms with Crippen molar-refractivity contribution < 1.29 is 49.4 Å². The molecule has 1 fully saturated rings. The second-order valence-corrected chi connectivity index (χ2v) is 33.9. The third kappa shape index (κ3) is 25.4. The maximum atomic E-state index is 13.2. The number of aromatic nitrogens is 3. The lowest BCUT2D eigenvalue weighted by Crippen LogP contribution is -2.42. The molecule has 2 amide bonds. The minimum Gasteiger partial charge on any atom is -0.506 e. The normalized spacial score (nSPS) is 14.2. The van der Waals surface area contributed by atoms with Gasteiger partial charge in [0.05, 0.1) is 91.1 Å². The fraction of sp³-hybridized carbons (Fsp3) is 0.202. The van der Waals surface area contributed by atoms with Crippen LogP contribution in [-0.2, 0) is 62.9 Å². The van der Waals surface area contributed by atoms with Gasteiger partial charge in [-0.15, -0.1) is 0 Å². The fourth-order valence-corrected chi connectivity index (χ4v) is 16.1. The van der Waals surface area contributed by atoms with Crippen molar-refractivity contribution in [1.82, 2.24) is 28.4 Å². The Labute approximate surface area is 823 Å². The summed E-state index contributed by atoms with van der Waals surface area (Å²) in [5, 5.41) is 106. The van der Waals surface area contributed by atoms with Crippen molar-refractivity contribution >= 4 is 105 Å². The van der Waals surface area contributed by atoms with Crippen LogP contribution < -0.4 is 22.0 Å². The lowest BCUT2D eigenvalue weighted by Gasteiger charge is -2.28. The number of Topliss-reactive ketones (excluding diaryl/α,β-unsaturated/α-hetero) is 2. The molecule has 0 bridgehead atoms. The van der Waals surface area contributed by atoms with Crippen LogP contribution in [0.3, 0.4) is 0 Å². The summed E-state index contributed by atoms with van der Waals surface area (Å²) in [6, 6.07) is 74.6. The number of nitrogens with zero attached hydrogens (tertiary/aromatic N) is 14. The van der Waals surface area contributed by atoms with Crippen molar-refractivity contribution in [3.8, 4) is 59.5 Å². The van der Waals surface area contributed by atoms with Gasteiger partial charge in [0.15, 0.2) is 11.6 Å². The number of aromatic hydroxyl groups is 5. The summed E-state index contributed by atoms with van der Waals surface area (Å²) in [6.45, 7) is 15.6. The zero-order chi connectivity index (χ0) is 101. The summed E-state index contributed by atoms with van der Waals surface area (Å²) in [7, 11) is 3.58. The third-order valence-electron chi connectivity index (χ3n) is 23.2. The van der Waals surface area contributed by atoms with E-state index < -0.39 is 34.3 Å². The number of halogens is 3. The van der Waals surface area contributed by atoms with Crippen LogP contribution in [0.25, 0.3) is 10.8 Å². The first-order chi connectivity index (χ1) is 67.4. The van der Waals surface area contributed by atoms with Gasteiger partial charge in [0.25, 0.3) is 28.5 Å². The molecule has 5 heterocycles. The van der Waals surface area contributed by atoms with Gasteiger partial charge in [-0.25, -0.2) is 0 Å². The number of nitriles is 5. The molecule has 31 heteroatoms. The molecule has 2 aliphatic heterocycles. The van der Waals surface area contributed by atoms with Crippen LogP contribution in [0.5, 0.6) is 29.1 Å². The third-order valence-corrected chi connectivity index (χ3v) is 23.9. The summed E-state index contributed by atoms with van der Waals surface area (Å²) in [6.07, 6.45) is 8.49. The lowest BCUT2D eigenvalue weighted by molar-refractivity contribution is -0.141. The molecule has 28 nitrogen and oxygen atoms in total. The van der Waals surface area contributed by atoms with Crippen LogP contribution in [0.15, 0.2) is 294 Å². The van der Waals surface area contributed by atoms with Gasteiger partial charge in [-0.1, -0.05) is 219 Å². The number of aliphatic imine (C=N–C) groups is 3. The zero-order valence-electron chi connectivity index (χ0n) is 77.8. The summed E-state index contributed by atoms with van der Waals surface area (Å²) in [5.74, 6) is -3.47. The number of anilines is 1. The van der Waals surface area contributed by atoms with Crippen molar-refractivity contribution in [3.05, 3.63) is 394 Å². The number of hydrogen-bond acceptors (Lipinski definition) is 24. The van der Waals surface area contributed by atoms with Gasteiger partial charge in [-0.05, 0) is 167 Å². The number of benzene rings is 9. The Morgan fingerprint density at radius 3 is 1.50 bits per heavy atom. The maximum absolute atomic E-state index is 13.2. The minimum absolute atomic E-state index is 0.0106. The van der Waals surface area contributed by atoms with Gasteiger partial charge in [0.2, 0.25) is 17.6 Å². The maximum Gasteiger partial charge on any atom is 0.271 e. The van der Waals surface area contributed by atoms with Gasteiger partial charge < -0.3 is 40.5 Å². The summed E-state index contributed by atoms with van der Waals surface area (Å²) in [4.78, 5) is 108. The summed E-state index contributed by atoms with van der Waals surface area (Å²) in [5.41, 5.74) is 8.36. The van der Waals surface area contributed by atoms with Crippen LogP contribution in [0.1, 0.15) is 111 Å². The first kappa shape index (κ1) is 104. The van der Waals surface area contributed by atoms with Crippen LogP contribution in [-0.4, -0.2) is 149 Å². The number of fused-ring (bicyclic) bond motifs is 1. The minimum atomic E-state index is -0.955. The number of phenolic OH excluding ortho intramolecular Hbond substituents is 2. The standard InChI is InChI=1S/C25H18ClN3O3.C23H19ClN2O3.C22H18ClN3O2.C22H26N4O3.C17H17N3O2/c1-15-20(12-27)24(31)29(14-17-7-4-6-16-5-2-3-8-19(16)17)25(32)21(15)13-28-22-11-18(26)9-10-23(22)30;1-2-16-18(12-25)22(28)17(10-14-6-4-3-5-7-14)23(29)19(16)13-26-20-11-15(24)8-9-21(20)27;1-14-8-9-17(23)10-20(14)25-12-19-15(2)18(11-24)21(27)26(22(19)28)13-16-6-4-3-5-7-16;1-2-18-19(14-23)21(27)26(16-17-6-4-3-5-7-17)22(28)20(18)15-24-8-9-25-10-12-29-13-11-25;1-12-14(9-18)16(21)20(10-13-7-5-4-6-8-13)17(22)15(12)11-19(2)3/h2-11,13,30,32H,14H2,1H3;3-9,11,13,17,26-27H,2,10H2,1H3;3-10,12,28H,13H2,1-2H3;3-7,15,28H,2,8-13,16H2,1H3;4-8,11H,10H2,1-3H3/b;19-13-;;;15-11-. The summed E-state index contributed by atoms with van der Waals surface area (Å²) < 4.78 is 8.94. The molecule has 0 saturated carbocycles. The number of ketones is 2. The molecule has 6 N–H and O–H groups in total. The van der Waals surface area contributed by atoms with Gasteiger partial charge in [0.1, 0.15) is 69.8 Å². The van der Waals surface area contributed by atoms with E-state index in [1.54, 1.807) is 77.3 Å². The molecule has 0 spiro atoms. The summed E-state index contributed by atoms with van der Waals surface area (Å²) >= 11 is 18.0. The van der Waals surface area contributed by atoms with Crippen molar-refractivity contribution in [1.29, 1.82) is 26.3 Å². The molecule has 1 unspecified atom stereocenters. The van der Waals surface area contributed by atoms with Crippen molar-refractivity contribution in [3.63, 3.8) is 0 Å². The van der Waals surface area contributed by atoms with E-state index in [1.807, 2.05) is 214 Å². The Bertz CT molecular complexity index is 7370. The molecular formula is C109H98Cl3N15O13. The Kier molecular flexibility index (Phi) is 36.5. The highest BCUT2D eigenvalue weighted by Gasteiger charge is 2.40. The average Bonchev–Trinajstić information content (AvgIpc) is 0.791. The highest BCUT2D eigenvalue weighted by atomic mass is 35.5. The molecule has 140 heavy (non-hydrogen) atoms. The molecule has 1 aliphatic carbocycles. The highest BCUT2D eigenvalue weighted by Crippen LogP contribution is 2.37. The molecule has 3 aliphatic rings. The van der Waals surface area contributed by atoms with Crippen LogP contribution in [0.2, 0.25) is 15.1 Å². The SMILES string of the molecule is CC1=C(C#N)C(=O)N(Cc2ccccc2)C(=O)/C1=C\N(C)C.CCC1=C(C#N)C(=O)C(Cc2ccccc2)C(=O)/C1=C\Nc1cc(Cl)ccc1O.CCc1c(C=NCCN2CCOCC2)c(O)n(Cc2ccccc2)c(=O)c1C#N.Cc1c(C=Nc2cc(Cl)ccc2O)c(O)n(Cc2cccc3ccccc23)c(=O)c1C#N.Cc1ccc(Cl)cc1N=Cc1c(C)c(C#N)c(=O)n(Cc2ccccc2)c1O. The molecule has 12 aromatic rings. The number of phenols is 2. The van der Waals surface area contributed by atoms with E-state index in [1.165, 1.54) is 58.1 Å². The number of ether oxygens (including phenoxy) is 1. The van der Waals surface area contributed by atoms with Crippen molar-refractivity contribution in [2.45, 2.75) is 87.0 Å². The number of allylic oxidation sites excluding steroid dienone is 3. The molecule has 9 aromatic carbocycles.